The van der Waals surface area contributed by atoms with Crippen molar-refractivity contribution in [3.8, 4) is 0 Å². The average molecular weight is 168 g/mol. The summed E-state index contributed by atoms with van der Waals surface area (Å²) in [6, 6.07) is 0. The Kier molecular flexibility index (Phi) is 5.43. The van der Waals surface area contributed by atoms with Gasteiger partial charge >= 0.3 is 0 Å². The Morgan fingerprint density at radius 3 is 2.50 bits per heavy atom. The normalized spacial score (nSPS) is 17.0. The van der Waals surface area contributed by atoms with E-state index in [1.165, 1.54) is 0 Å². The van der Waals surface area contributed by atoms with Crippen LogP contribution in [-0.4, -0.2) is 18.9 Å². The van der Waals surface area contributed by atoms with Crippen molar-refractivity contribution in [3.05, 3.63) is 12.2 Å². The maximum atomic E-state index is 4.41. The fourth-order valence-electron chi connectivity index (χ4n) is 0.836. The highest BCUT2D eigenvalue weighted by Gasteiger charge is 2.14. The van der Waals surface area contributed by atoms with E-state index in [0.29, 0.717) is 0 Å². The first-order valence-electron chi connectivity index (χ1n) is 4.57. The van der Waals surface area contributed by atoms with Crippen LogP contribution in [0.5, 0.6) is 0 Å². The number of aliphatic imine (C=N–C) groups is 1. The Morgan fingerprint density at radius 2 is 2.08 bits per heavy atom. The lowest BCUT2D eigenvalue weighted by Gasteiger charge is -2.18. The summed E-state index contributed by atoms with van der Waals surface area (Å²) in [6.07, 6.45) is 8.19. The van der Waals surface area contributed by atoms with Gasteiger partial charge in [-0.1, -0.05) is 26.0 Å². The van der Waals surface area contributed by atoms with Gasteiger partial charge in [-0.15, -0.1) is 0 Å². The second kappa shape index (κ2) is 5.81. The van der Waals surface area contributed by atoms with Crippen molar-refractivity contribution in [1.82, 2.24) is 5.32 Å². The largest absolute Gasteiger partial charge is 0.379 e. The molecule has 0 bridgehead atoms. The van der Waals surface area contributed by atoms with E-state index in [2.05, 4.69) is 43.2 Å². The molecule has 0 amide bonds. The molecule has 1 atom stereocenters. The van der Waals surface area contributed by atoms with Crippen molar-refractivity contribution in [2.24, 2.45) is 4.99 Å². The van der Waals surface area contributed by atoms with Crippen molar-refractivity contribution in [2.45, 2.75) is 39.2 Å². The van der Waals surface area contributed by atoms with Gasteiger partial charge in [-0.25, -0.2) is 0 Å². The molecule has 0 radical (unpaired) electrons. The average Bonchev–Trinajstić information content (AvgIpc) is 2.11. The molecule has 0 saturated heterocycles. The second-order valence-electron chi connectivity index (χ2n) is 3.07. The summed E-state index contributed by atoms with van der Waals surface area (Å²) in [7, 11) is 1.86. The van der Waals surface area contributed by atoms with Gasteiger partial charge in [-0.2, -0.15) is 0 Å². The van der Waals surface area contributed by atoms with Gasteiger partial charge in [0.2, 0.25) is 0 Å². The van der Waals surface area contributed by atoms with Crippen molar-refractivity contribution in [1.29, 1.82) is 0 Å². The lowest BCUT2D eigenvalue weighted by atomic mass is 9.99. The van der Waals surface area contributed by atoms with E-state index in [1.54, 1.807) is 6.34 Å². The molecule has 0 aliphatic heterocycles. The summed E-state index contributed by atoms with van der Waals surface area (Å²) in [5.74, 6) is 0. The highest BCUT2D eigenvalue weighted by Crippen LogP contribution is 2.16. The van der Waals surface area contributed by atoms with Crippen LogP contribution >= 0.6 is 0 Å². The van der Waals surface area contributed by atoms with Gasteiger partial charge in [0, 0.05) is 7.05 Å². The number of allylic oxidation sites excluding steroid dienone is 1. The molecule has 0 aliphatic carbocycles. The zero-order chi connectivity index (χ0) is 9.45. The van der Waals surface area contributed by atoms with Gasteiger partial charge in [0.15, 0.2) is 0 Å². The van der Waals surface area contributed by atoms with Gasteiger partial charge in [0.05, 0.1) is 11.9 Å². The maximum absolute atomic E-state index is 4.41. The SMILES string of the molecule is CC/C=C\C(C)(CC)/N=C\NC. The molecule has 0 saturated carbocycles. The summed E-state index contributed by atoms with van der Waals surface area (Å²) < 4.78 is 0. The summed E-state index contributed by atoms with van der Waals surface area (Å²) in [5, 5.41) is 2.91. The Labute approximate surface area is 75.8 Å². The quantitative estimate of drug-likeness (QED) is 0.380. The summed E-state index contributed by atoms with van der Waals surface area (Å²) >= 11 is 0. The smallest absolute Gasteiger partial charge is 0.0831 e. The second-order valence-corrected chi connectivity index (χ2v) is 3.07. The monoisotopic (exact) mass is 168 g/mol. The number of nitrogens with zero attached hydrogens (tertiary/aromatic N) is 1. The van der Waals surface area contributed by atoms with Crippen molar-refractivity contribution >= 4 is 6.34 Å². The predicted molar refractivity (Wildman–Crippen MR) is 55.7 cm³/mol. The first-order valence-corrected chi connectivity index (χ1v) is 4.57. The molecule has 0 aliphatic rings. The third-order valence-electron chi connectivity index (χ3n) is 1.92. The van der Waals surface area contributed by atoms with Crippen molar-refractivity contribution in [3.63, 3.8) is 0 Å². The van der Waals surface area contributed by atoms with Crippen LogP contribution in [0.2, 0.25) is 0 Å². The molecule has 0 rings (SSSR count). The summed E-state index contributed by atoms with van der Waals surface area (Å²) in [5.41, 5.74) is -0.0288. The van der Waals surface area contributed by atoms with E-state index in [0.717, 1.165) is 12.8 Å². The molecule has 2 heteroatoms. The van der Waals surface area contributed by atoms with Crippen LogP contribution in [0.25, 0.3) is 0 Å². The first-order chi connectivity index (χ1) is 5.68. The molecular weight excluding hydrogens is 148 g/mol. The lowest BCUT2D eigenvalue weighted by molar-refractivity contribution is 0.566. The minimum Gasteiger partial charge on any atom is -0.379 e. The maximum Gasteiger partial charge on any atom is 0.0831 e. The minimum atomic E-state index is -0.0288. The third kappa shape index (κ3) is 4.16. The Bertz CT molecular complexity index is 145. The molecule has 1 N–H and O–H groups in total. The number of rotatable bonds is 5. The van der Waals surface area contributed by atoms with E-state index in [4.69, 9.17) is 0 Å². The summed E-state index contributed by atoms with van der Waals surface area (Å²) in [4.78, 5) is 4.41. The molecular formula is C10H20N2. The third-order valence-corrected chi connectivity index (χ3v) is 1.92. The van der Waals surface area contributed by atoms with E-state index in [1.807, 2.05) is 7.05 Å². The van der Waals surface area contributed by atoms with Crippen LogP contribution in [0.15, 0.2) is 17.1 Å². The van der Waals surface area contributed by atoms with Crippen molar-refractivity contribution < 1.29 is 0 Å². The Hall–Kier alpha value is -0.790. The van der Waals surface area contributed by atoms with Gasteiger partial charge in [0.1, 0.15) is 0 Å². The van der Waals surface area contributed by atoms with Gasteiger partial charge < -0.3 is 5.32 Å². The fourth-order valence-corrected chi connectivity index (χ4v) is 0.836. The van der Waals surface area contributed by atoms with Gasteiger partial charge in [0.25, 0.3) is 0 Å². The van der Waals surface area contributed by atoms with Crippen LogP contribution < -0.4 is 5.32 Å². The molecule has 2 nitrogen and oxygen atoms in total. The minimum absolute atomic E-state index is 0.0288. The Morgan fingerprint density at radius 1 is 1.42 bits per heavy atom. The summed E-state index contributed by atoms with van der Waals surface area (Å²) in [6.45, 7) is 6.41. The van der Waals surface area contributed by atoms with Crippen LogP contribution in [-0.2, 0) is 0 Å². The van der Waals surface area contributed by atoms with E-state index in [9.17, 15) is 0 Å². The van der Waals surface area contributed by atoms with E-state index < -0.39 is 0 Å². The molecule has 12 heavy (non-hydrogen) atoms. The highest BCUT2D eigenvalue weighted by atomic mass is 14.9. The molecule has 0 aromatic rings. The van der Waals surface area contributed by atoms with E-state index in [-0.39, 0.29) is 5.54 Å². The van der Waals surface area contributed by atoms with E-state index >= 15 is 0 Å². The molecule has 0 heterocycles. The van der Waals surface area contributed by atoms with Crippen LogP contribution in [0.4, 0.5) is 0 Å². The molecule has 0 aromatic heterocycles. The topological polar surface area (TPSA) is 24.4 Å². The zero-order valence-corrected chi connectivity index (χ0v) is 8.59. The number of hydrogen-bond donors (Lipinski definition) is 1. The van der Waals surface area contributed by atoms with Crippen LogP contribution in [0, 0.1) is 0 Å². The highest BCUT2D eigenvalue weighted by molar-refractivity contribution is 5.54. The van der Waals surface area contributed by atoms with Gasteiger partial charge in [-0.05, 0) is 19.8 Å². The van der Waals surface area contributed by atoms with Gasteiger partial charge in [-0.3, -0.25) is 4.99 Å². The molecule has 1 unspecified atom stereocenters. The van der Waals surface area contributed by atoms with Crippen LogP contribution in [0.3, 0.4) is 0 Å². The molecule has 0 fully saturated rings. The Balaban J connectivity index is 4.23. The standard InChI is InChI=1S/C10H20N2/c1-5-7-8-10(3,6-2)12-9-11-4/h7-9H,5-6H2,1-4H3,(H,11,12)/b8-7-. The van der Waals surface area contributed by atoms with Crippen LogP contribution in [0.1, 0.15) is 33.6 Å². The molecule has 0 aromatic carbocycles. The fraction of sp³-hybridized carbons (Fsp3) is 0.700. The number of nitrogens with one attached hydrogen (secondary N) is 1. The zero-order valence-electron chi connectivity index (χ0n) is 8.59. The molecule has 0 spiro atoms. The predicted octanol–water partition coefficient (Wildman–Crippen LogP) is 2.37. The van der Waals surface area contributed by atoms with Crippen molar-refractivity contribution in [2.75, 3.05) is 7.05 Å². The molecule has 70 valence electrons. The number of hydrogen-bond acceptors (Lipinski definition) is 1. The first kappa shape index (κ1) is 11.2. The lowest BCUT2D eigenvalue weighted by Crippen LogP contribution is -2.19.